The first kappa shape index (κ1) is 20.8. The maximum absolute atomic E-state index is 12.2. The molecule has 2 fully saturated rings. The van der Waals surface area contributed by atoms with Gasteiger partial charge in [-0.2, -0.15) is 8.78 Å². The molecule has 0 radical (unpaired) electrons. The van der Waals surface area contributed by atoms with E-state index in [0.29, 0.717) is 17.4 Å². The number of hydrogen-bond acceptors (Lipinski definition) is 4. The summed E-state index contributed by atoms with van der Waals surface area (Å²) < 4.78 is 28.7. The van der Waals surface area contributed by atoms with Crippen LogP contribution in [0.1, 0.15) is 37.9 Å². The first-order valence-electron chi connectivity index (χ1n) is 10.0. The van der Waals surface area contributed by atoms with Gasteiger partial charge in [0.1, 0.15) is 5.75 Å². The number of ether oxygens (including phenoxy) is 1. The molecule has 1 aliphatic carbocycles. The highest BCUT2D eigenvalue weighted by Crippen LogP contribution is 2.31. The van der Waals surface area contributed by atoms with Crippen LogP contribution in [0.25, 0.3) is 0 Å². The molecule has 3 N–H and O–H groups in total. The number of likely N-dealkylation sites (tertiary alicyclic amines) is 1. The summed E-state index contributed by atoms with van der Waals surface area (Å²) in [6.07, 6.45) is 3.08. The lowest BCUT2D eigenvalue weighted by Gasteiger charge is -2.17. The minimum Gasteiger partial charge on any atom is -0.435 e. The molecule has 0 spiro atoms. The molecule has 28 heavy (non-hydrogen) atoms. The fourth-order valence-electron chi connectivity index (χ4n) is 3.54. The third kappa shape index (κ3) is 6.31. The molecule has 6 nitrogen and oxygen atoms in total. The van der Waals surface area contributed by atoms with Crippen molar-refractivity contribution in [3.05, 3.63) is 29.8 Å². The fraction of sp³-hybridized carbons (Fsp3) is 0.650. The van der Waals surface area contributed by atoms with E-state index in [1.165, 1.54) is 37.9 Å². The van der Waals surface area contributed by atoms with E-state index in [4.69, 9.17) is 0 Å². The van der Waals surface area contributed by atoms with Crippen LogP contribution in [0.5, 0.6) is 5.75 Å². The van der Waals surface area contributed by atoms with Crippen LogP contribution in [-0.2, 0) is 0 Å². The second kappa shape index (κ2) is 10.0. The second-order valence-electron chi connectivity index (χ2n) is 7.44. The Morgan fingerprint density at radius 3 is 2.64 bits per heavy atom. The van der Waals surface area contributed by atoms with E-state index in [9.17, 15) is 13.9 Å². The van der Waals surface area contributed by atoms with Gasteiger partial charge >= 0.3 is 6.61 Å². The van der Waals surface area contributed by atoms with E-state index in [0.717, 1.165) is 25.7 Å². The quantitative estimate of drug-likeness (QED) is 0.442. The van der Waals surface area contributed by atoms with E-state index >= 15 is 0 Å². The smallest absolute Gasteiger partial charge is 0.387 e. The average Bonchev–Trinajstić information content (AvgIpc) is 3.42. The Balaban J connectivity index is 1.47. The number of hydrogen-bond donors (Lipinski definition) is 3. The Hall–Kier alpha value is -1.93. The minimum atomic E-state index is -2.86. The predicted octanol–water partition coefficient (Wildman–Crippen LogP) is 2.36. The van der Waals surface area contributed by atoms with Crippen molar-refractivity contribution >= 4 is 5.96 Å². The molecule has 1 aromatic carbocycles. The van der Waals surface area contributed by atoms with Gasteiger partial charge in [0.2, 0.25) is 0 Å². The molecule has 0 amide bonds. The van der Waals surface area contributed by atoms with Crippen LogP contribution in [0.2, 0.25) is 0 Å². The van der Waals surface area contributed by atoms with Gasteiger partial charge in [-0.15, -0.1) is 0 Å². The number of guanidine groups is 1. The highest BCUT2D eigenvalue weighted by atomic mass is 19.3. The maximum atomic E-state index is 12.2. The lowest BCUT2D eigenvalue weighted by atomic mass is 10.1. The second-order valence-corrected chi connectivity index (χ2v) is 7.44. The van der Waals surface area contributed by atoms with Gasteiger partial charge in [-0.25, -0.2) is 0 Å². The predicted molar refractivity (Wildman–Crippen MR) is 105 cm³/mol. The molecule has 156 valence electrons. The molecule has 0 bridgehead atoms. The normalized spacial score (nSPS) is 21.8. The van der Waals surface area contributed by atoms with E-state index in [1.54, 1.807) is 12.1 Å². The molecule has 0 aromatic heterocycles. The molecule has 2 aliphatic rings. The number of aliphatic hydroxyl groups is 1. The first-order valence-corrected chi connectivity index (χ1v) is 10.0. The summed E-state index contributed by atoms with van der Waals surface area (Å²) in [6.45, 7) is 3.26. The van der Waals surface area contributed by atoms with Crippen LogP contribution in [0.4, 0.5) is 8.78 Å². The Bertz CT molecular complexity index is 638. The third-order valence-electron chi connectivity index (χ3n) is 5.20. The largest absolute Gasteiger partial charge is 0.435 e. The van der Waals surface area contributed by atoms with Gasteiger partial charge in [-0.1, -0.05) is 12.1 Å². The topological polar surface area (TPSA) is 69.1 Å². The molecule has 1 aliphatic heterocycles. The number of nitrogens with zero attached hydrogens (tertiary/aromatic N) is 2. The molecule has 2 atom stereocenters. The van der Waals surface area contributed by atoms with E-state index in [-0.39, 0.29) is 12.3 Å². The van der Waals surface area contributed by atoms with Crippen LogP contribution in [0.15, 0.2) is 29.3 Å². The minimum absolute atomic E-state index is 0.0706. The number of aliphatic hydroxyl groups excluding tert-OH is 1. The lowest BCUT2D eigenvalue weighted by molar-refractivity contribution is -0.0498. The summed E-state index contributed by atoms with van der Waals surface area (Å²) in [5, 5.41) is 16.9. The van der Waals surface area contributed by atoms with E-state index < -0.39 is 12.7 Å². The third-order valence-corrected chi connectivity index (χ3v) is 5.20. The van der Waals surface area contributed by atoms with Gasteiger partial charge in [-0.3, -0.25) is 4.99 Å². The van der Waals surface area contributed by atoms with Crippen LogP contribution in [-0.4, -0.2) is 61.3 Å². The summed E-state index contributed by atoms with van der Waals surface area (Å²) in [4.78, 5) is 7.05. The summed E-state index contributed by atoms with van der Waals surface area (Å²) in [5.41, 5.74) is 0.608. The van der Waals surface area contributed by atoms with Crippen molar-refractivity contribution in [2.24, 2.45) is 10.9 Å². The number of aliphatic imine (C=N–C) groups is 1. The fourth-order valence-corrected chi connectivity index (χ4v) is 3.54. The van der Waals surface area contributed by atoms with Crippen molar-refractivity contribution < 1.29 is 18.6 Å². The van der Waals surface area contributed by atoms with Crippen molar-refractivity contribution in [1.82, 2.24) is 15.5 Å². The van der Waals surface area contributed by atoms with Crippen molar-refractivity contribution in [2.45, 2.75) is 44.9 Å². The summed E-state index contributed by atoms with van der Waals surface area (Å²) in [5.74, 6) is 1.38. The molecule has 1 saturated carbocycles. The zero-order chi connectivity index (χ0) is 19.9. The molecular formula is C20H30F2N4O2. The average molecular weight is 396 g/mol. The number of benzene rings is 1. The van der Waals surface area contributed by atoms with Gasteiger partial charge in [-0.05, 0) is 56.3 Å². The molecule has 1 aromatic rings. The van der Waals surface area contributed by atoms with Gasteiger partial charge < -0.3 is 25.4 Å². The summed E-state index contributed by atoms with van der Waals surface area (Å²) in [6, 6.07) is 6.80. The highest BCUT2D eigenvalue weighted by molar-refractivity contribution is 5.79. The molecule has 1 saturated heterocycles. The number of nitrogens with one attached hydrogen (secondary N) is 2. The van der Waals surface area contributed by atoms with Gasteiger partial charge in [0.15, 0.2) is 5.96 Å². The molecule has 8 heteroatoms. The number of rotatable bonds is 9. The number of alkyl halides is 2. The molecule has 1 heterocycles. The Morgan fingerprint density at radius 2 is 2.00 bits per heavy atom. The van der Waals surface area contributed by atoms with Crippen LogP contribution in [0, 0.1) is 5.92 Å². The van der Waals surface area contributed by atoms with Crippen molar-refractivity contribution in [3.8, 4) is 5.75 Å². The van der Waals surface area contributed by atoms with E-state index in [1.807, 2.05) is 6.92 Å². The van der Waals surface area contributed by atoms with Crippen molar-refractivity contribution in [2.75, 3.05) is 32.7 Å². The summed E-state index contributed by atoms with van der Waals surface area (Å²) >= 11 is 0. The standard InChI is InChI=1S/C20H30F2N4O2/c1-2-23-20(24-11-14-9-10-26(13-14)16-5-6-16)25-12-18(27)15-3-7-17(8-4-15)28-19(21)22/h3-4,7-8,14,16,18-19,27H,2,5-6,9-13H2,1H3,(H2,23,24,25). The highest BCUT2D eigenvalue weighted by Gasteiger charge is 2.34. The number of halogens is 2. The Labute approximate surface area is 165 Å². The van der Waals surface area contributed by atoms with E-state index in [2.05, 4.69) is 25.3 Å². The first-order chi connectivity index (χ1) is 13.5. The molecule has 2 unspecified atom stereocenters. The van der Waals surface area contributed by atoms with Gasteiger partial charge in [0, 0.05) is 25.7 Å². The van der Waals surface area contributed by atoms with Gasteiger partial charge in [0.25, 0.3) is 0 Å². The van der Waals surface area contributed by atoms with Crippen LogP contribution < -0.4 is 15.4 Å². The van der Waals surface area contributed by atoms with Crippen molar-refractivity contribution in [1.29, 1.82) is 0 Å². The molecular weight excluding hydrogens is 366 g/mol. The van der Waals surface area contributed by atoms with Crippen LogP contribution in [0.3, 0.4) is 0 Å². The Morgan fingerprint density at radius 1 is 1.25 bits per heavy atom. The summed E-state index contributed by atoms with van der Waals surface area (Å²) in [7, 11) is 0. The zero-order valence-electron chi connectivity index (χ0n) is 16.3. The zero-order valence-corrected chi connectivity index (χ0v) is 16.3. The monoisotopic (exact) mass is 396 g/mol. The van der Waals surface area contributed by atoms with Gasteiger partial charge in [0.05, 0.1) is 12.6 Å². The SMILES string of the molecule is CCNC(=NCC(O)c1ccc(OC(F)F)cc1)NCC1CCN(C2CC2)C1. The van der Waals surface area contributed by atoms with Crippen molar-refractivity contribution in [3.63, 3.8) is 0 Å². The van der Waals surface area contributed by atoms with Crippen LogP contribution >= 0.6 is 0 Å². The maximum Gasteiger partial charge on any atom is 0.387 e. The molecule has 3 rings (SSSR count). The Kier molecular flexibility index (Phi) is 7.44. The lowest BCUT2D eigenvalue weighted by Crippen LogP contribution is -2.40.